The van der Waals surface area contributed by atoms with E-state index in [1.807, 2.05) is 44.9 Å². The van der Waals surface area contributed by atoms with Crippen molar-refractivity contribution in [3.63, 3.8) is 0 Å². The molecule has 0 aromatic rings. The number of nitrogens with zero attached hydrogens (tertiary/aromatic N) is 3. The molecule has 8 heteroatoms. The summed E-state index contributed by atoms with van der Waals surface area (Å²) in [5, 5.41) is 0. The molecule has 5 nitrogen and oxygen atoms in total. The van der Waals surface area contributed by atoms with E-state index in [0.717, 1.165) is 31.6 Å². The molecule has 0 N–H and O–H groups in total. The lowest BCUT2D eigenvalue weighted by Crippen LogP contribution is -2.40. The maximum Gasteiger partial charge on any atom is 0.406 e. The zero-order valence-electron chi connectivity index (χ0n) is 24.7. The Morgan fingerprint density at radius 3 is 2.32 bits per heavy atom. The van der Waals surface area contributed by atoms with E-state index in [0.29, 0.717) is 29.2 Å². The first-order valence-electron chi connectivity index (χ1n) is 14.0. The van der Waals surface area contributed by atoms with Gasteiger partial charge in [0.15, 0.2) is 0 Å². The molecule has 0 saturated carbocycles. The number of halogens is 3. The smallest absolute Gasteiger partial charge is 0.336 e. The lowest BCUT2D eigenvalue weighted by atomic mass is 9.86. The van der Waals surface area contributed by atoms with Crippen molar-refractivity contribution in [3.05, 3.63) is 47.9 Å². The van der Waals surface area contributed by atoms with Crippen LogP contribution < -0.4 is 0 Å². The summed E-state index contributed by atoms with van der Waals surface area (Å²) in [5.74, 6) is 1.28. The van der Waals surface area contributed by atoms with Crippen LogP contribution in [-0.2, 0) is 9.59 Å². The van der Waals surface area contributed by atoms with Crippen LogP contribution in [0.4, 0.5) is 13.2 Å². The monoisotopic (exact) mass is 541 g/mol. The molecule has 0 spiro atoms. The summed E-state index contributed by atoms with van der Waals surface area (Å²) in [5.41, 5.74) is 2.34. The van der Waals surface area contributed by atoms with Crippen LogP contribution in [0, 0.1) is 11.8 Å². The summed E-state index contributed by atoms with van der Waals surface area (Å²) in [4.78, 5) is 27.5. The topological polar surface area (TPSA) is 43.9 Å². The molecule has 2 aliphatic heterocycles. The van der Waals surface area contributed by atoms with Crippen LogP contribution in [0.1, 0.15) is 81.1 Å². The number of carbonyl (C=O) groups is 2. The molecule has 2 bridgehead atoms. The largest absolute Gasteiger partial charge is 0.406 e. The summed E-state index contributed by atoms with van der Waals surface area (Å²) in [6.45, 7) is 17.3. The zero-order chi connectivity index (χ0) is 29.3. The molecule has 0 aliphatic carbocycles. The van der Waals surface area contributed by atoms with Gasteiger partial charge in [-0.2, -0.15) is 13.2 Å². The first-order valence-corrected chi connectivity index (χ1v) is 14.0. The van der Waals surface area contributed by atoms with Crippen LogP contribution in [-0.4, -0.2) is 65.4 Å². The number of allylic oxidation sites excluding steroid dienone is 4. The minimum Gasteiger partial charge on any atom is -0.336 e. The van der Waals surface area contributed by atoms with Crippen LogP contribution in [0.25, 0.3) is 0 Å². The van der Waals surface area contributed by atoms with Gasteiger partial charge in [-0.15, -0.1) is 0 Å². The first kappa shape index (κ1) is 35.6. The van der Waals surface area contributed by atoms with Crippen molar-refractivity contribution in [2.75, 3.05) is 26.2 Å². The average Bonchev–Trinajstić information content (AvgIpc) is 2.89. The number of fused-ring (bicyclic) bond motifs is 2. The number of rotatable bonds is 6. The standard InChI is InChI=1S/C23H36N2O.C5H8F3NO.C2H6/c1-6-10-22-19(5)15-20-13-12-18(4)17-24(8-3)21(16-20)11-9-14-25(22)23(26)7-2;1-2-9(4-10)3-5(6,7)8;1-2/h6,9-10,12-14,18,20-21H,7-8,11,15-17H2,1-5H3;4H,2-3H2,1H3;1-2H3/b10-6-,13-12?,14-9+,22-19+;;. The van der Waals surface area contributed by atoms with E-state index in [-0.39, 0.29) is 18.9 Å². The lowest BCUT2D eigenvalue weighted by Gasteiger charge is -2.36. The van der Waals surface area contributed by atoms with Crippen molar-refractivity contribution in [1.29, 1.82) is 0 Å². The number of carbonyl (C=O) groups excluding carboxylic acids is 2. The fourth-order valence-corrected chi connectivity index (χ4v) is 4.62. The van der Waals surface area contributed by atoms with Gasteiger partial charge in [-0.25, -0.2) is 0 Å². The van der Waals surface area contributed by atoms with Gasteiger partial charge in [0.25, 0.3) is 0 Å². The third-order valence-corrected chi connectivity index (χ3v) is 6.49. The Morgan fingerprint density at radius 2 is 1.84 bits per heavy atom. The summed E-state index contributed by atoms with van der Waals surface area (Å²) in [6.07, 6.45) is 12.8. The molecule has 218 valence electrons. The van der Waals surface area contributed by atoms with Gasteiger partial charge in [-0.3, -0.25) is 19.4 Å². The molecule has 0 aromatic heterocycles. The maximum absolute atomic E-state index is 12.6. The summed E-state index contributed by atoms with van der Waals surface area (Å²) in [7, 11) is 0. The van der Waals surface area contributed by atoms with Crippen molar-refractivity contribution in [1.82, 2.24) is 14.7 Å². The molecule has 2 rings (SSSR count). The molecule has 38 heavy (non-hydrogen) atoms. The number of amides is 2. The fraction of sp³-hybridized carbons (Fsp3) is 0.667. The number of alkyl halides is 3. The highest BCUT2D eigenvalue weighted by molar-refractivity contribution is 5.79. The van der Waals surface area contributed by atoms with E-state index >= 15 is 0 Å². The highest BCUT2D eigenvalue weighted by Gasteiger charge is 2.29. The predicted molar refractivity (Wildman–Crippen MR) is 151 cm³/mol. The molecule has 0 fully saturated rings. The molecule has 2 heterocycles. The molecule has 0 radical (unpaired) electrons. The van der Waals surface area contributed by atoms with Crippen molar-refractivity contribution in [2.45, 2.75) is 93.3 Å². The second kappa shape index (κ2) is 18.8. The predicted octanol–water partition coefficient (Wildman–Crippen LogP) is 7.34. The minimum atomic E-state index is -4.28. The first-order chi connectivity index (χ1) is 18.0. The molecule has 3 atom stereocenters. The van der Waals surface area contributed by atoms with E-state index in [2.05, 4.69) is 50.0 Å². The number of hydrogen-bond acceptors (Lipinski definition) is 3. The summed E-state index contributed by atoms with van der Waals surface area (Å²) >= 11 is 0. The molecular weight excluding hydrogens is 491 g/mol. The highest BCUT2D eigenvalue weighted by atomic mass is 19.4. The highest BCUT2D eigenvalue weighted by Crippen LogP contribution is 2.30. The van der Waals surface area contributed by atoms with Gasteiger partial charge in [-0.05, 0) is 70.1 Å². The van der Waals surface area contributed by atoms with Crippen LogP contribution >= 0.6 is 0 Å². The lowest BCUT2D eigenvalue weighted by molar-refractivity contribution is -0.153. The minimum absolute atomic E-state index is 0.0863. The van der Waals surface area contributed by atoms with Gasteiger partial charge in [0, 0.05) is 37.4 Å². The fourth-order valence-electron chi connectivity index (χ4n) is 4.62. The summed E-state index contributed by atoms with van der Waals surface area (Å²) < 4.78 is 34.4. The van der Waals surface area contributed by atoms with Crippen LogP contribution in [0.15, 0.2) is 47.9 Å². The Kier molecular flexibility index (Phi) is 17.7. The molecule has 0 saturated heterocycles. The van der Waals surface area contributed by atoms with Crippen LogP contribution in [0.3, 0.4) is 0 Å². The molecule has 0 aromatic carbocycles. The van der Waals surface area contributed by atoms with Gasteiger partial charge in [0.05, 0.1) is 0 Å². The van der Waals surface area contributed by atoms with E-state index in [9.17, 15) is 22.8 Å². The molecular formula is C30H50F3N3O2. The van der Waals surface area contributed by atoms with E-state index in [4.69, 9.17) is 0 Å². The van der Waals surface area contributed by atoms with Crippen molar-refractivity contribution < 1.29 is 22.8 Å². The van der Waals surface area contributed by atoms with Gasteiger partial charge in [0.2, 0.25) is 12.3 Å². The molecule has 2 aliphatic rings. The normalized spacial score (nSPS) is 25.2. The van der Waals surface area contributed by atoms with Gasteiger partial charge < -0.3 is 4.90 Å². The Hall–Kier alpha value is -2.35. The van der Waals surface area contributed by atoms with Crippen molar-refractivity contribution >= 4 is 12.3 Å². The third kappa shape index (κ3) is 12.9. The average molecular weight is 542 g/mol. The van der Waals surface area contributed by atoms with Gasteiger partial charge >= 0.3 is 6.18 Å². The number of hydrogen-bond donors (Lipinski definition) is 0. The second-order valence-corrected chi connectivity index (χ2v) is 9.49. The Bertz CT molecular complexity index is 818. The van der Waals surface area contributed by atoms with Crippen molar-refractivity contribution in [2.24, 2.45) is 11.8 Å². The SMILES string of the molecule is C/C=C\C1=C(\C)CC2C=CC(C)CN(CC)C(C/C=C/N1C(=O)CC)C2.CC.CCN(C=O)CC(F)(F)F. The van der Waals surface area contributed by atoms with Crippen LogP contribution in [0.2, 0.25) is 0 Å². The van der Waals surface area contributed by atoms with Crippen molar-refractivity contribution in [3.8, 4) is 0 Å². The second-order valence-electron chi connectivity index (χ2n) is 9.49. The molecule has 2 amide bonds. The van der Waals surface area contributed by atoms with Crippen LogP contribution in [0.5, 0.6) is 0 Å². The Labute approximate surface area is 229 Å². The Balaban J connectivity index is 0.000000962. The van der Waals surface area contributed by atoms with E-state index in [1.165, 1.54) is 18.9 Å². The zero-order valence-corrected chi connectivity index (χ0v) is 24.7. The van der Waals surface area contributed by atoms with Gasteiger partial charge in [0.1, 0.15) is 6.54 Å². The Morgan fingerprint density at radius 1 is 1.18 bits per heavy atom. The van der Waals surface area contributed by atoms with E-state index < -0.39 is 12.7 Å². The van der Waals surface area contributed by atoms with Gasteiger partial charge in [-0.1, -0.05) is 58.9 Å². The summed E-state index contributed by atoms with van der Waals surface area (Å²) in [6, 6.07) is 0.545. The molecule has 3 unspecified atom stereocenters. The third-order valence-electron chi connectivity index (χ3n) is 6.49. The maximum atomic E-state index is 12.6. The van der Waals surface area contributed by atoms with E-state index in [1.54, 1.807) is 0 Å². The quantitative estimate of drug-likeness (QED) is 0.261.